The summed E-state index contributed by atoms with van der Waals surface area (Å²) < 4.78 is 0. The Hall–Kier alpha value is -0.610. The molecule has 0 spiro atoms. The predicted octanol–water partition coefficient (Wildman–Crippen LogP) is -0.587. The molecule has 1 saturated heterocycles. The standard InChI is InChI=1S/C7H15N3O/c1-7(9-4-5-9)2-3-10(8)6-11/h6-7H,2-5,8H2,1H3. The second-order valence-corrected chi connectivity index (χ2v) is 3.02. The number of rotatable bonds is 5. The first-order valence-corrected chi connectivity index (χ1v) is 3.94. The average molecular weight is 157 g/mol. The highest BCUT2D eigenvalue weighted by Crippen LogP contribution is 2.12. The molecule has 1 atom stereocenters. The van der Waals surface area contributed by atoms with E-state index in [9.17, 15) is 4.79 Å². The molecule has 1 aliphatic rings. The minimum atomic E-state index is 0.570. The molecule has 64 valence electrons. The highest BCUT2D eigenvalue weighted by Gasteiger charge is 2.23. The van der Waals surface area contributed by atoms with Crippen molar-refractivity contribution in [1.82, 2.24) is 9.91 Å². The van der Waals surface area contributed by atoms with Crippen LogP contribution in [0.4, 0.5) is 0 Å². The van der Waals surface area contributed by atoms with Crippen LogP contribution >= 0.6 is 0 Å². The summed E-state index contributed by atoms with van der Waals surface area (Å²) in [4.78, 5) is 12.4. The first kappa shape index (κ1) is 8.49. The zero-order valence-corrected chi connectivity index (χ0v) is 6.86. The van der Waals surface area contributed by atoms with Crippen LogP contribution in [0.5, 0.6) is 0 Å². The van der Waals surface area contributed by atoms with Gasteiger partial charge >= 0.3 is 0 Å². The first-order chi connectivity index (χ1) is 5.24. The van der Waals surface area contributed by atoms with Crippen LogP contribution in [0.25, 0.3) is 0 Å². The Bertz CT molecular complexity index is 136. The van der Waals surface area contributed by atoms with Crippen molar-refractivity contribution >= 4 is 6.41 Å². The average Bonchev–Trinajstić information content (AvgIpc) is 2.81. The quantitative estimate of drug-likeness (QED) is 0.191. The van der Waals surface area contributed by atoms with Crippen LogP contribution < -0.4 is 5.84 Å². The number of hydrazine groups is 1. The molecular formula is C7H15N3O. The fourth-order valence-electron chi connectivity index (χ4n) is 1.07. The lowest BCUT2D eigenvalue weighted by Gasteiger charge is -2.15. The van der Waals surface area contributed by atoms with E-state index in [4.69, 9.17) is 5.84 Å². The number of carbonyl (C=O) groups is 1. The van der Waals surface area contributed by atoms with Crippen molar-refractivity contribution in [1.29, 1.82) is 0 Å². The molecule has 11 heavy (non-hydrogen) atoms. The van der Waals surface area contributed by atoms with E-state index >= 15 is 0 Å². The second kappa shape index (κ2) is 3.69. The zero-order chi connectivity index (χ0) is 8.27. The zero-order valence-electron chi connectivity index (χ0n) is 6.86. The summed E-state index contributed by atoms with van der Waals surface area (Å²) in [5, 5.41) is 1.19. The van der Waals surface area contributed by atoms with Gasteiger partial charge in [-0.3, -0.25) is 14.7 Å². The minimum Gasteiger partial charge on any atom is -0.298 e. The molecule has 0 aromatic rings. The summed E-state index contributed by atoms with van der Waals surface area (Å²) in [6, 6.07) is 0.570. The number of amides is 1. The Morgan fingerprint density at radius 3 is 2.82 bits per heavy atom. The molecule has 1 amide bonds. The molecule has 1 unspecified atom stereocenters. The molecule has 0 bridgehead atoms. The van der Waals surface area contributed by atoms with E-state index in [1.54, 1.807) is 0 Å². The van der Waals surface area contributed by atoms with Gasteiger partial charge in [0, 0.05) is 25.7 Å². The third-order valence-corrected chi connectivity index (χ3v) is 2.05. The van der Waals surface area contributed by atoms with Crippen LogP contribution in [-0.4, -0.2) is 42.0 Å². The van der Waals surface area contributed by atoms with Crippen LogP contribution in [0.2, 0.25) is 0 Å². The van der Waals surface area contributed by atoms with E-state index in [-0.39, 0.29) is 0 Å². The monoisotopic (exact) mass is 157 g/mol. The SMILES string of the molecule is CC(CCN(N)C=O)N1CC1. The highest BCUT2D eigenvalue weighted by atomic mass is 16.1. The molecule has 0 radical (unpaired) electrons. The Balaban J connectivity index is 2.05. The maximum Gasteiger partial charge on any atom is 0.223 e. The van der Waals surface area contributed by atoms with Crippen molar-refractivity contribution in [3.05, 3.63) is 0 Å². The highest BCUT2D eigenvalue weighted by molar-refractivity contribution is 5.45. The van der Waals surface area contributed by atoms with E-state index in [1.165, 1.54) is 18.1 Å². The summed E-state index contributed by atoms with van der Waals surface area (Å²) in [7, 11) is 0. The van der Waals surface area contributed by atoms with Gasteiger partial charge in [-0.05, 0) is 13.3 Å². The molecule has 0 aromatic heterocycles. The van der Waals surface area contributed by atoms with Gasteiger partial charge in [0.15, 0.2) is 0 Å². The maximum absolute atomic E-state index is 10.1. The predicted molar refractivity (Wildman–Crippen MR) is 42.6 cm³/mol. The molecule has 1 aliphatic heterocycles. The first-order valence-electron chi connectivity index (χ1n) is 3.94. The van der Waals surface area contributed by atoms with E-state index < -0.39 is 0 Å². The Morgan fingerprint density at radius 2 is 2.36 bits per heavy atom. The number of carbonyl (C=O) groups excluding carboxylic acids is 1. The number of nitrogens with two attached hydrogens (primary N) is 1. The van der Waals surface area contributed by atoms with Gasteiger partial charge in [0.1, 0.15) is 0 Å². The van der Waals surface area contributed by atoms with Crippen molar-refractivity contribution in [2.75, 3.05) is 19.6 Å². The number of nitrogens with zero attached hydrogens (tertiary/aromatic N) is 2. The van der Waals surface area contributed by atoms with Gasteiger partial charge in [-0.15, -0.1) is 0 Å². The third-order valence-electron chi connectivity index (χ3n) is 2.05. The van der Waals surface area contributed by atoms with Crippen LogP contribution in [0.3, 0.4) is 0 Å². The van der Waals surface area contributed by atoms with Crippen molar-refractivity contribution < 1.29 is 4.79 Å². The molecular weight excluding hydrogens is 142 g/mol. The van der Waals surface area contributed by atoms with Gasteiger partial charge in [-0.25, -0.2) is 5.84 Å². The summed E-state index contributed by atoms with van der Waals surface area (Å²) in [5.74, 6) is 5.29. The van der Waals surface area contributed by atoms with Crippen molar-refractivity contribution in [3.8, 4) is 0 Å². The van der Waals surface area contributed by atoms with E-state index in [0.717, 1.165) is 6.42 Å². The minimum absolute atomic E-state index is 0.570. The lowest BCUT2D eigenvalue weighted by atomic mass is 10.2. The van der Waals surface area contributed by atoms with Gasteiger partial charge in [0.2, 0.25) is 6.41 Å². The molecule has 0 aliphatic carbocycles. The summed E-state index contributed by atoms with van der Waals surface area (Å²) in [5.41, 5.74) is 0. The second-order valence-electron chi connectivity index (χ2n) is 3.02. The molecule has 4 nitrogen and oxygen atoms in total. The molecule has 0 aromatic carbocycles. The molecule has 1 heterocycles. The molecule has 2 N–H and O–H groups in total. The van der Waals surface area contributed by atoms with Gasteiger partial charge in [-0.2, -0.15) is 0 Å². The van der Waals surface area contributed by atoms with Gasteiger partial charge < -0.3 is 0 Å². The van der Waals surface area contributed by atoms with E-state index in [1.807, 2.05) is 0 Å². The van der Waals surface area contributed by atoms with Gasteiger partial charge in [-0.1, -0.05) is 0 Å². The molecule has 1 fully saturated rings. The lowest BCUT2D eigenvalue weighted by molar-refractivity contribution is -0.118. The maximum atomic E-state index is 10.1. The van der Waals surface area contributed by atoms with Crippen LogP contribution in [0.15, 0.2) is 0 Å². The topological polar surface area (TPSA) is 49.3 Å². The van der Waals surface area contributed by atoms with Crippen LogP contribution in [0, 0.1) is 0 Å². The lowest BCUT2D eigenvalue weighted by Crippen LogP contribution is -2.33. The third kappa shape index (κ3) is 2.86. The van der Waals surface area contributed by atoms with Crippen molar-refractivity contribution in [3.63, 3.8) is 0 Å². The number of hydrogen-bond donors (Lipinski definition) is 1. The van der Waals surface area contributed by atoms with E-state index in [2.05, 4.69) is 11.8 Å². The largest absolute Gasteiger partial charge is 0.298 e. The fourth-order valence-corrected chi connectivity index (χ4v) is 1.07. The van der Waals surface area contributed by atoms with Crippen molar-refractivity contribution in [2.24, 2.45) is 5.84 Å². The summed E-state index contributed by atoms with van der Waals surface area (Å²) >= 11 is 0. The number of hydrogen-bond acceptors (Lipinski definition) is 3. The summed E-state index contributed by atoms with van der Waals surface area (Å²) in [6.07, 6.45) is 1.63. The van der Waals surface area contributed by atoms with Crippen LogP contribution in [-0.2, 0) is 4.79 Å². The van der Waals surface area contributed by atoms with Crippen LogP contribution in [0.1, 0.15) is 13.3 Å². The Kier molecular flexibility index (Phi) is 2.84. The molecule has 0 saturated carbocycles. The van der Waals surface area contributed by atoms with Crippen molar-refractivity contribution in [2.45, 2.75) is 19.4 Å². The normalized spacial score (nSPS) is 19.5. The van der Waals surface area contributed by atoms with Gasteiger partial charge in [0.05, 0.1) is 0 Å². The fraction of sp³-hybridized carbons (Fsp3) is 0.857. The van der Waals surface area contributed by atoms with E-state index in [0.29, 0.717) is 19.0 Å². The Morgan fingerprint density at radius 1 is 1.73 bits per heavy atom. The smallest absolute Gasteiger partial charge is 0.223 e. The molecule has 1 rings (SSSR count). The van der Waals surface area contributed by atoms with Gasteiger partial charge in [0.25, 0.3) is 0 Å². The Labute approximate surface area is 66.9 Å². The summed E-state index contributed by atoms with van der Waals surface area (Å²) in [6.45, 7) is 5.21. The molecule has 4 heteroatoms.